The third-order valence-corrected chi connectivity index (χ3v) is 3.53. The van der Waals surface area contributed by atoms with Crippen LogP contribution in [0.4, 0.5) is 4.39 Å². The second-order valence-corrected chi connectivity index (χ2v) is 5.00. The minimum Gasteiger partial charge on any atom is -0.313 e. The molecule has 4 nitrogen and oxygen atoms in total. The van der Waals surface area contributed by atoms with Gasteiger partial charge in [0.1, 0.15) is 18.0 Å². The predicted molar refractivity (Wildman–Crippen MR) is 80.4 cm³/mol. The van der Waals surface area contributed by atoms with Gasteiger partial charge in [0.25, 0.3) is 0 Å². The van der Waals surface area contributed by atoms with Gasteiger partial charge in [0, 0.05) is 5.56 Å². The Morgan fingerprint density at radius 3 is 2.59 bits per heavy atom. The number of aryl methyl sites for hydroxylation is 1. The Kier molecular flexibility index (Phi) is 3.67. The van der Waals surface area contributed by atoms with Crippen molar-refractivity contribution in [3.63, 3.8) is 0 Å². The van der Waals surface area contributed by atoms with Gasteiger partial charge in [-0.05, 0) is 36.2 Å². The highest BCUT2D eigenvalue weighted by atomic mass is 19.1. The van der Waals surface area contributed by atoms with Gasteiger partial charge in [-0.3, -0.25) is 0 Å². The van der Waals surface area contributed by atoms with Crippen LogP contribution in [0.25, 0.3) is 11.1 Å². The number of rotatable bonds is 3. The van der Waals surface area contributed by atoms with Crippen molar-refractivity contribution in [3.05, 3.63) is 71.6 Å². The van der Waals surface area contributed by atoms with Crippen LogP contribution in [0.2, 0.25) is 0 Å². The van der Waals surface area contributed by atoms with Crippen LogP contribution in [0.1, 0.15) is 17.0 Å². The quantitative estimate of drug-likeness (QED) is 0.744. The van der Waals surface area contributed by atoms with Gasteiger partial charge in [-0.25, -0.2) is 4.39 Å². The minimum atomic E-state index is -0.349. The molecule has 3 rings (SSSR count). The molecule has 22 heavy (non-hydrogen) atoms. The highest BCUT2D eigenvalue weighted by molar-refractivity contribution is 5.70. The summed E-state index contributed by atoms with van der Waals surface area (Å²) in [6, 6.07) is 14.0. The second-order valence-electron chi connectivity index (χ2n) is 5.00. The van der Waals surface area contributed by atoms with E-state index < -0.39 is 0 Å². The van der Waals surface area contributed by atoms with Gasteiger partial charge in [0.2, 0.25) is 0 Å². The maximum Gasteiger partial charge on any atom is 0.129 e. The molecule has 0 N–H and O–H groups in total. The molecule has 0 radical (unpaired) electrons. The van der Waals surface area contributed by atoms with Crippen molar-refractivity contribution in [2.45, 2.75) is 13.5 Å². The zero-order valence-corrected chi connectivity index (χ0v) is 12.0. The monoisotopic (exact) mass is 292 g/mol. The molecule has 0 bridgehead atoms. The molecule has 1 heterocycles. The maximum atomic E-state index is 13.4. The van der Waals surface area contributed by atoms with Crippen LogP contribution in [0.3, 0.4) is 0 Å². The molecule has 2 aromatic carbocycles. The molecule has 3 aromatic rings. The highest BCUT2D eigenvalue weighted by Crippen LogP contribution is 2.25. The Morgan fingerprint density at radius 1 is 1.18 bits per heavy atom. The van der Waals surface area contributed by atoms with E-state index in [-0.39, 0.29) is 5.82 Å². The lowest BCUT2D eigenvalue weighted by atomic mass is 9.99. The van der Waals surface area contributed by atoms with Crippen molar-refractivity contribution < 1.29 is 4.39 Å². The summed E-state index contributed by atoms with van der Waals surface area (Å²) < 4.78 is 15.4. The van der Waals surface area contributed by atoms with Crippen LogP contribution in [0.15, 0.2) is 48.8 Å². The molecular weight excluding hydrogens is 279 g/mol. The Hall–Kier alpha value is -3.00. The van der Waals surface area contributed by atoms with Crippen molar-refractivity contribution in [1.82, 2.24) is 14.8 Å². The Bertz CT molecular complexity index is 844. The summed E-state index contributed by atoms with van der Waals surface area (Å²) in [5.41, 5.74) is 2.97. The Balaban J connectivity index is 1.90. The molecular formula is C17H13FN4. The number of hydrogen-bond donors (Lipinski definition) is 0. The van der Waals surface area contributed by atoms with E-state index in [9.17, 15) is 4.39 Å². The number of halogens is 1. The first-order valence-corrected chi connectivity index (χ1v) is 6.81. The van der Waals surface area contributed by atoms with E-state index in [1.54, 1.807) is 6.33 Å². The van der Waals surface area contributed by atoms with Crippen molar-refractivity contribution in [1.29, 1.82) is 5.26 Å². The van der Waals surface area contributed by atoms with Crippen molar-refractivity contribution in [2.75, 3.05) is 0 Å². The van der Waals surface area contributed by atoms with Crippen LogP contribution in [-0.4, -0.2) is 14.8 Å². The fourth-order valence-electron chi connectivity index (χ4n) is 2.31. The van der Waals surface area contributed by atoms with Crippen molar-refractivity contribution in [3.8, 4) is 17.2 Å². The summed E-state index contributed by atoms with van der Waals surface area (Å²) in [5.74, 6) is 0.499. The summed E-state index contributed by atoms with van der Waals surface area (Å²) in [6.45, 7) is 2.57. The summed E-state index contributed by atoms with van der Waals surface area (Å²) in [4.78, 5) is 0. The number of nitrogens with zero attached hydrogens (tertiary/aromatic N) is 4. The number of benzene rings is 2. The maximum absolute atomic E-state index is 13.4. The van der Waals surface area contributed by atoms with Gasteiger partial charge in [-0.1, -0.05) is 24.3 Å². The average molecular weight is 292 g/mol. The summed E-state index contributed by atoms with van der Waals surface area (Å²) in [7, 11) is 0. The lowest BCUT2D eigenvalue weighted by Crippen LogP contribution is -2.00. The normalized spacial score (nSPS) is 10.4. The van der Waals surface area contributed by atoms with E-state index in [0.29, 0.717) is 17.7 Å². The van der Waals surface area contributed by atoms with Crippen molar-refractivity contribution in [2.24, 2.45) is 0 Å². The molecule has 5 heteroatoms. The molecule has 0 saturated heterocycles. The highest BCUT2D eigenvalue weighted by Gasteiger charge is 2.07. The first kappa shape index (κ1) is 14.0. The summed E-state index contributed by atoms with van der Waals surface area (Å²) >= 11 is 0. The topological polar surface area (TPSA) is 54.5 Å². The SMILES string of the molecule is Cc1nncn1Cc1ccc(-c2cc(F)ccc2C#N)cc1. The van der Waals surface area contributed by atoms with E-state index in [2.05, 4.69) is 16.3 Å². The van der Waals surface area contributed by atoms with Crippen LogP contribution in [0.5, 0.6) is 0 Å². The van der Waals surface area contributed by atoms with E-state index in [4.69, 9.17) is 5.26 Å². The molecule has 0 amide bonds. The van der Waals surface area contributed by atoms with Gasteiger partial charge in [0.05, 0.1) is 18.2 Å². The van der Waals surface area contributed by atoms with E-state index >= 15 is 0 Å². The largest absolute Gasteiger partial charge is 0.313 e. The molecule has 0 aliphatic rings. The van der Waals surface area contributed by atoms with Gasteiger partial charge >= 0.3 is 0 Å². The van der Waals surface area contributed by atoms with Crippen LogP contribution < -0.4 is 0 Å². The fourth-order valence-corrected chi connectivity index (χ4v) is 2.31. The van der Waals surface area contributed by atoms with Gasteiger partial charge < -0.3 is 4.57 Å². The average Bonchev–Trinajstić information content (AvgIpc) is 2.93. The molecule has 0 atom stereocenters. The van der Waals surface area contributed by atoms with Crippen LogP contribution in [-0.2, 0) is 6.54 Å². The summed E-state index contributed by atoms with van der Waals surface area (Å²) in [6.07, 6.45) is 1.68. The predicted octanol–water partition coefficient (Wildman–Crippen LogP) is 3.31. The molecule has 108 valence electrons. The Morgan fingerprint density at radius 2 is 1.95 bits per heavy atom. The molecule has 0 aliphatic carbocycles. The zero-order chi connectivity index (χ0) is 15.5. The van der Waals surface area contributed by atoms with Gasteiger partial charge in [0.15, 0.2) is 0 Å². The van der Waals surface area contributed by atoms with E-state index in [1.807, 2.05) is 35.8 Å². The van der Waals surface area contributed by atoms with Crippen LogP contribution >= 0.6 is 0 Å². The van der Waals surface area contributed by atoms with Crippen LogP contribution in [0, 0.1) is 24.1 Å². The number of aromatic nitrogens is 3. The minimum absolute atomic E-state index is 0.349. The lowest BCUT2D eigenvalue weighted by Gasteiger charge is -2.07. The summed E-state index contributed by atoms with van der Waals surface area (Å²) in [5, 5.41) is 16.9. The van der Waals surface area contributed by atoms with Gasteiger partial charge in [-0.15, -0.1) is 10.2 Å². The fraction of sp³-hybridized carbons (Fsp3) is 0.118. The zero-order valence-electron chi connectivity index (χ0n) is 12.0. The molecule has 0 aliphatic heterocycles. The standard InChI is InChI=1S/C17H13FN4/c1-12-21-20-11-22(12)10-13-2-4-14(5-3-13)17-8-16(18)7-6-15(17)9-19/h2-8,11H,10H2,1H3. The molecule has 0 fully saturated rings. The first-order valence-electron chi connectivity index (χ1n) is 6.81. The second kappa shape index (κ2) is 5.78. The Labute approximate surface area is 127 Å². The molecule has 0 unspecified atom stereocenters. The first-order chi connectivity index (χ1) is 10.7. The third-order valence-electron chi connectivity index (χ3n) is 3.53. The van der Waals surface area contributed by atoms with E-state index in [1.165, 1.54) is 18.2 Å². The van der Waals surface area contributed by atoms with Crippen molar-refractivity contribution >= 4 is 0 Å². The molecule has 0 saturated carbocycles. The van der Waals surface area contributed by atoms with Gasteiger partial charge in [-0.2, -0.15) is 5.26 Å². The lowest BCUT2D eigenvalue weighted by molar-refractivity contribution is 0.628. The number of hydrogen-bond acceptors (Lipinski definition) is 3. The smallest absolute Gasteiger partial charge is 0.129 e. The molecule has 0 spiro atoms. The third kappa shape index (κ3) is 2.72. The number of nitriles is 1. The molecule has 1 aromatic heterocycles. The van der Waals surface area contributed by atoms with E-state index in [0.717, 1.165) is 17.0 Å².